The van der Waals surface area contributed by atoms with Crippen molar-refractivity contribution in [3.63, 3.8) is 0 Å². The molecule has 0 aromatic carbocycles. The molecule has 0 radical (unpaired) electrons. The van der Waals surface area contributed by atoms with Crippen molar-refractivity contribution in [2.24, 2.45) is 5.41 Å². The highest BCUT2D eigenvalue weighted by molar-refractivity contribution is 7.87. The first-order valence-corrected chi connectivity index (χ1v) is 6.35. The quantitative estimate of drug-likeness (QED) is 0.595. The Kier molecular flexibility index (Phi) is 3.88. The molecule has 3 N–H and O–H groups in total. The number of hydrogen-bond acceptors (Lipinski definition) is 3. The van der Waals surface area contributed by atoms with Crippen LogP contribution in [0.5, 0.6) is 0 Å². The third-order valence-electron chi connectivity index (χ3n) is 2.64. The van der Waals surface area contributed by atoms with Crippen molar-refractivity contribution in [1.29, 1.82) is 0 Å². The molecule has 84 valence electrons. The summed E-state index contributed by atoms with van der Waals surface area (Å²) in [5.41, 5.74) is 0.0438. The second kappa shape index (κ2) is 4.57. The van der Waals surface area contributed by atoms with Gasteiger partial charge in [-0.25, -0.2) is 9.44 Å². The molecule has 1 rings (SSSR count). The second-order valence-electron chi connectivity index (χ2n) is 4.12. The van der Waals surface area contributed by atoms with Crippen LogP contribution in [-0.2, 0) is 10.2 Å². The van der Waals surface area contributed by atoms with Crippen molar-refractivity contribution >= 4 is 10.2 Å². The summed E-state index contributed by atoms with van der Waals surface area (Å²) in [7, 11) is -1.88. The molecule has 6 heteroatoms. The second-order valence-corrected chi connectivity index (χ2v) is 5.82. The van der Waals surface area contributed by atoms with Gasteiger partial charge in [0, 0.05) is 20.1 Å². The normalized spacial score (nSPS) is 29.0. The maximum absolute atomic E-state index is 11.1. The van der Waals surface area contributed by atoms with Crippen molar-refractivity contribution in [2.45, 2.75) is 19.8 Å². The molecular formula is C8H19N3O2S. The molecule has 0 bridgehead atoms. The van der Waals surface area contributed by atoms with Crippen molar-refractivity contribution in [3.8, 4) is 0 Å². The summed E-state index contributed by atoms with van der Waals surface area (Å²) >= 11 is 0. The van der Waals surface area contributed by atoms with Crippen LogP contribution < -0.4 is 14.8 Å². The Morgan fingerprint density at radius 3 is 2.71 bits per heavy atom. The highest BCUT2D eigenvalue weighted by Crippen LogP contribution is 2.24. The van der Waals surface area contributed by atoms with Crippen LogP contribution in [0.3, 0.4) is 0 Å². The van der Waals surface area contributed by atoms with E-state index < -0.39 is 10.2 Å². The lowest BCUT2D eigenvalue weighted by Crippen LogP contribution is -2.47. The molecule has 0 aliphatic carbocycles. The molecule has 1 heterocycles. The highest BCUT2D eigenvalue weighted by Gasteiger charge is 2.27. The van der Waals surface area contributed by atoms with Gasteiger partial charge < -0.3 is 5.32 Å². The van der Waals surface area contributed by atoms with Crippen molar-refractivity contribution in [2.75, 3.05) is 26.7 Å². The largest absolute Gasteiger partial charge is 0.316 e. The molecule has 0 amide bonds. The van der Waals surface area contributed by atoms with Gasteiger partial charge in [-0.15, -0.1) is 0 Å². The third kappa shape index (κ3) is 3.53. The molecule has 0 saturated carbocycles. The van der Waals surface area contributed by atoms with E-state index in [9.17, 15) is 8.42 Å². The summed E-state index contributed by atoms with van der Waals surface area (Å²) in [6.07, 6.45) is 2.17. The lowest BCUT2D eigenvalue weighted by atomic mass is 9.83. The number of piperidine rings is 1. The van der Waals surface area contributed by atoms with Gasteiger partial charge in [0.25, 0.3) is 10.2 Å². The summed E-state index contributed by atoms with van der Waals surface area (Å²) in [5.74, 6) is 0. The molecule has 1 aliphatic heterocycles. The molecule has 1 unspecified atom stereocenters. The van der Waals surface area contributed by atoms with Crippen LogP contribution in [0.1, 0.15) is 19.8 Å². The summed E-state index contributed by atoms with van der Waals surface area (Å²) in [6, 6.07) is 0. The van der Waals surface area contributed by atoms with Gasteiger partial charge in [-0.2, -0.15) is 8.42 Å². The Bertz CT molecular complexity index is 270. The van der Waals surface area contributed by atoms with Crippen LogP contribution in [0.2, 0.25) is 0 Å². The van der Waals surface area contributed by atoms with E-state index >= 15 is 0 Å². The molecule has 1 fully saturated rings. The molecule has 0 aromatic rings. The molecular weight excluding hydrogens is 202 g/mol. The maximum atomic E-state index is 11.1. The Morgan fingerprint density at radius 1 is 1.50 bits per heavy atom. The summed E-state index contributed by atoms with van der Waals surface area (Å²) in [5, 5.41) is 3.27. The zero-order chi connectivity index (χ0) is 10.7. The Labute approximate surface area is 85.8 Å². The monoisotopic (exact) mass is 221 g/mol. The predicted molar refractivity (Wildman–Crippen MR) is 56.2 cm³/mol. The van der Waals surface area contributed by atoms with Crippen molar-refractivity contribution in [3.05, 3.63) is 0 Å². The van der Waals surface area contributed by atoms with Gasteiger partial charge >= 0.3 is 0 Å². The Morgan fingerprint density at radius 2 is 2.21 bits per heavy atom. The minimum Gasteiger partial charge on any atom is -0.316 e. The molecule has 0 spiro atoms. The first-order chi connectivity index (χ1) is 6.47. The lowest BCUT2D eigenvalue weighted by molar-refractivity contribution is 0.238. The zero-order valence-corrected chi connectivity index (χ0v) is 9.58. The fraction of sp³-hybridized carbons (Fsp3) is 1.00. The Hall–Kier alpha value is -0.170. The topological polar surface area (TPSA) is 70.2 Å². The highest BCUT2D eigenvalue weighted by atomic mass is 32.2. The van der Waals surface area contributed by atoms with Gasteiger partial charge in [0.05, 0.1) is 0 Å². The fourth-order valence-electron chi connectivity index (χ4n) is 1.61. The zero-order valence-electron chi connectivity index (χ0n) is 8.76. The minimum atomic E-state index is -3.28. The Balaban J connectivity index is 2.43. The van der Waals surface area contributed by atoms with E-state index in [1.54, 1.807) is 0 Å². The average molecular weight is 221 g/mol. The molecule has 1 saturated heterocycles. The van der Waals surface area contributed by atoms with E-state index in [0.29, 0.717) is 6.54 Å². The summed E-state index contributed by atoms with van der Waals surface area (Å²) in [6.45, 7) is 4.49. The molecule has 1 atom stereocenters. The van der Waals surface area contributed by atoms with Crippen molar-refractivity contribution in [1.82, 2.24) is 14.8 Å². The first kappa shape index (κ1) is 11.9. The number of rotatable bonds is 4. The number of nitrogens with one attached hydrogen (secondary N) is 3. The van der Waals surface area contributed by atoms with Crippen LogP contribution in [0, 0.1) is 5.41 Å². The van der Waals surface area contributed by atoms with Gasteiger partial charge in [0.2, 0.25) is 0 Å². The van der Waals surface area contributed by atoms with E-state index in [1.165, 1.54) is 7.05 Å². The molecule has 5 nitrogen and oxygen atoms in total. The smallest absolute Gasteiger partial charge is 0.276 e. The maximum Gasteiger partial charge on any atom is 0.276 e. The number of hydrogen-bond donors (Lipinski definition) is 3. The van der Waals surface area contributed by atoms with Crippen LogP contribution in [0.4, 0.5) is 0 Å². The van der Waals surface area contributed by atoms with Crippen LogP contribution in [0.25, 0.3) is 0 Å². The van der Waals surface area contributed by atoms with Gasteiger partial charge in [0.15, 0.2) is 0 Å². The first-order valence-electron chi connectivity index (χ1n) is 4.86. The van der Waals surface area contributed by atoms with E-state index in [1.807, 2.05) is 0 Å². The predicted octanol–water partition coefficient (Wildman–Crippen LogP) is -0.570. The average Bonchev–Trinajstić information content (AvgIpc) is 2.17. The van der Waals surface area contributed by atoms with Gasteiger partial charge in [0.1, 0.15) is 0 Å². The van der Waals surface area contributed by atoms with E-state index in [4.69, 9.17) is 0 Å². The summed E-state index contributed by atoms with van der Waals surface area (Å²) in [4.78, 5) is 0. The van der Waals surface area contributed by atoms with E-state index in [0.717, 1.165) is 25.9 Å². The van der Waals surface area contributed by atoms with Crippen LogP contribution in [-0.4, -0.2) is 35.1 Å². The van der Waals surface area contributed by atoms with Crippen molar-refractivity contribution < 1.29 is 8.42 Å². The third-order valence-corrected chi connectivity index (χ3v) is 3.71. The van der Waals surface area contributed by atoms with Crippen LogP contribution >= 0.6 is 0 Å². The molecule has 0 aromatic heterocycles. The SMILES string of the molecule is CNS(=O)(=O)NCC1(C)CCCNC1. The van der Waals surface area contributed by atoms with Gasteiger partial charge in [-0.05, 0) is 24.8 Å². The van der Waals surface area contributed by atoms with Gasteiger partial charge in [-0.1, -0.05) is 6.92 Å². The van der Waals surface area contributed by atoms with E-state index in [-0.39, 0.29) is 5.41 Å². The molecule has 14 heavy (non-hydrogen) atoms. The van der Waals surface area contributed by atoms with Gasteiger partial charge in [-0.3, -0.25) is 0 Å². The molecule has 1 aliphatic rings. The van der Waals surface area contributed by atoms with Crippen LogP contribution in [0.15, 0.2) is 0 Å². The standard InChI is InChI=1S/C8H19N3O2S/c1-8(4-3-5-10-6-8)7-11-14(12,13)9-2/h9-11H,3-7H2,1-2H3. The fourth-order valence-corrected chi connectivity index (χ4v) is 2.29. The van der Waals surface area contributed by atoms with E-state index in [2.05, 4.69) is 21.7 Å². The lowest BCUT2D eigenvalue weighted by Gasteiger charge is -2.34. The minimum absolute atomic E-state index is 0.0438. The summed E-state index contributed by atoms with van der Waals surface area (Å²) < 4.78 is 27.1.